The van der Waals surface area contributed by atoms with Gasteiger partial charge in [0.1, 0.15) is 6.10 Å². The molecule has 7 atom stereocenters. The monoisotopic (exact) mass is 566 g/mol. The van der Waals surface area contributed by atoms with Crippen molar-refractivity contribution in [2.75, 3.05) is 53.2 Å². The Hall–Kier alpha value is -1.64. The summed E-state index contributed by atoms with van der Waals surface area (Å²) in [4.78, 5) is 2.49. The molecule has 7 heteroatoms. The van der Waals surface area contributed by atoms with Crippen LogP contribution in [0.2, 0.25) is 0 Å². The first-order valence-electron chi connectivity index (χ1n) is 16.1. The van der Waals surface area contributed by atoms with Gasteiger partial charge in [0, 0.05) is 37.2 Å². The van der Waals surface area contributed by atoms with Crippen molar-refractivity contribution in [2.45, 2.75) is 94.9 Å². The van der Waals surface area contributed by atoms with Crippen LogP contribution in [0.3, 0.4) is 0 Å². The number of nitrogens with one attached hydrogen (secondary N) is 1. The number of aliphatic hydroxyl groups is 1. The molecule has 8 rings (SSSR count). The first-order valence-corrected chi connectivity index (χ1v) is 16.1. The minimum Gasteiger partial charge on any atom is -0.493 e. The van der Waals surface area contributed by atoms with Crippen LogP contribution in [0.1, 0.15) is 76.3 Å². The van der Waals surface area contributed by atoms with Crippen LogP contribution in [0.5, 0.6) is 11.5 Å². The van der Waals surface area contributed by atoms with Gasteiger partial charge in [-0.3, -0.25) is 4.90 Å². The fraction of sp³-hybridized carbons (Fsp3) is 0.765. The Bertz CT molecular complexity index is 1150. The van der Waals surface area contributed by atoms with Gasteiger partial charge in [-0.15, -0.1) is 0 Å². The van der Waals surface area contributed by atoms with Crippen molar-refractivity contribution in [1.82, 2.24) is 10.2 Å². The summed E-state index contributed by atoms with van der Waals surface area (Å²) < 4.78 is 24.1. The van der Waals surface area contributed by atoms with E-state index in [-0.39, 0.29) is 11.5 Å². The van der Waals surface area contributed by atoms with E-state index >= 15 is 0 Å². The predicted octanol–water partition coefficient (Wildman–Crippen LogP) is 4.59. The molecule has 4 fully saturated rings. The Morgan fingerprint density at radius 3 is 2.56 bits per heavy atom. The van der Waals surface area contributed by atoms with Crippen molar-refractivity contribution in [3.05, 3.63) is 35.4 Å². The third-order valence-electron chi connectivity index (χ3n) is 11.3. The maximum atomic E-state index is 10.3. The Labute approximate surface area is 245 Å². The molecule has 1 aromatic rings. The molecule has 2 N–H and O–H groups in total. The molecular formula is C34H50N2O5. The molecule has 7 nitrogen and oxygen atoms in total. The summed E-state index contributed by atoms with van der Waals surface area (Å²) in [5, 5.41) is 14.3. The van der Waals surface area contributed by atoms with E-state index in [0.717, 1.165) is 56.6 Å². The topological polar surface area (TPSA) is 72.4 Å². The molecule has 0 unspecified atom stereocenters. The number of hydrogen-bond donors (Lipinski definition) is 2. The molecule has 0 saturated heterocycles. The van der Waals surface area contributed by atoms with Gasteiger partial charge in [0.2, 0.25) is 0 Å². The lowest BCUT2D eigenvalue weighted by atomic mass is 9.43. The van der Waals surface area contributed by atoms with Gasteiger partial charge in [0.05, 0.1) is 45.1 Å². The van der Waals surface area contributed by atoms with Gasteiger partial charge in [-0.2, -0.15) is 0 Å². The maximum Gasteiger partial charge on any atom is 0.166 e. The summed E-state index contributed by atoms with van der Waals surface area (Å²) >= 11 is 0. The Morgan fingerprint density at radius 2 is 1.80 bits per heavy atom. The largest absolute Gasteiger partial charge is 0.493 e. The minimum absolute atomic E-state index is 0.0514. The average molecular weight is 567 g/mol. The molecule has 0 amide bonds. The van der Waals surface area contributed by atoms with Crippen LogP contribution < -0.4 is 14.8 Å². The summed E-state index contributed by atoms with van der Waals surface area (Å²) in [5.41, 5.74) is 3.79. The summed E-state index contributed by atoms with van der Waals surface area (Å²) in [5.74, 6) is 2.57. The van der Waals surface area contributed by atoms with Crippen LogP contribution in [0.25, 0.3) is 0 Å². The van der Waals surface area contributed by atoms with Crippen LogP contribution >= 0.6 is 0 Å². The Balaban J connectivity index is 0.853. The molecule has 226 valence electrons. The van der Waals surface area contributed by atoms with Crippen LogP contribution in [0.4, 0.5) is 0 Å². The van der Waals surface area contributed by atoms with Crippen molar-refractivity contribution < 1.29 is 24.1 Å². The van der Waals surface area contributed by atoms with Crippen LogP contribution in [0, 0.1) is 16.7 Å². The lowest BCUT2D eigenvalue weighted by Gasteiger charge is -2.65. The van der Waals surface area contributed by atoms with Crippen LogP contribution in [-0.4, -0.2) is 80.9 Å². The fourth-order valence-corrected chi connectivity index (χ4v) is 10.7. The fourth-order valence-electron chi connectivity index (χ4n) is 10.7. The van der Waals surface area contributed by atoms with Crippen LogP contribution in [-0.2, 0) is 21.4 Å². The van der Waals surface area contributed by atoms with E-state index in [9.17, 15) is 5.11 Å². The van der Waals surface area contributed by atoms with Gasteiger partial charge in [-0.25, -0.2) is 0 Å². The molecule has 5 aliphatic carbocycles. The number of benzene rings is 1. The SMILES string of the molecule is COc1ccc2c3c1O[C@H]1C[C@@H](O)C=C[C@@]31CCN(CCOCCOCCN[C@]13C[C@@H]4C[C@@](C)(C[C@@](C)(C4)C1)C3)C2. The van der Waals surface area contributed by atoms with Crippen LogP contribution in [0.15, 0.2) is 24.3 Å². The minimum atomic E-state index is -0.454. The zero-order valence-electron chi connectivity index (χ0n) is 25.4. The smallest absolute Gasteiger partial charge is 0.166 e. The van der Waals surface area contributed by atoms with E-state index in [1.54, 1.807) is 7.11 Å². The van der Waals surface area contributed by atoms with Gasteiger partial charge in [0.25, 0.3) is 0 Å². The molecule has 0 aromatic heterocycles. The van der Waals surface area contributed by atoms with E-state index in [0.29, 0.717) is 42.6 Å². The highest BCUT2D eigenvalue weighted by Gasteiger charge is 2.60. The summed E-state index contributed by atoms with van der Waals surface area (Å²) in [7, 11) is 1.70. The number of hydrogen-bond acceptors (Lipinski definition) is 7. The van der Waals surface area contributed by atoms with Gasteiger partial charge >= 0.3 is 0 Å². The Morgan fingerprint density at radius 1 is 1.02 bits per heavy atom. The Kier molecular flexibility index (Phi) is 7.22. The van der Waals surface area contributed by atoms with Gasteiger partial charge < -0.3 is 29.4 Å². The highest BCUT2D eigenvalue weighted by molar-refractivity contribution is 5.61. The zero-order valence-corrected chi connectivity index (χ0v) is 25.4. The molecular weight excluding hydrogens is 516 g/mol. The lowest BCUT2D eigenvalue weighted by Crippen LogP contribution is -2.64. The summed E-state index contributed by atoms with van der Waals surface area (Å²) in [6.45, 7) is 11.5. The van der Waals surface area contributed by atoms with Crippen molar-refractivity contribution >= 4 is 0 Å². The average Bonchev–Trinajstić information content (AvgIpc) is 3.14. The quantitative estimate of drug-likeness (QED) is 0.300. The third kappa shape index (κ3) is 5.14. The molecule has 1 spiro atoms. The van der Waals surface area contributed by atoms with Crippen molar-refractivity contribution in [3.8, 4) is 11.5 Å². The number of nitrogens with zero attached hydrogens (tertiary/aromatic N) is 1. The van der Waals surface area contributed by atoms with E-state index in [1.807, 2.05) is 12.1 Å². The molecule has 4 saturated carbocycles. The van der Waals surface area contributed by atoms with Gasteiger partial charge in [0.15, 0.2) is 11.5 Å². The van der Waals surface area contributed by atoms with Gasteiger partial charge in [-0.05, 0) is 79.9 Å². The molecule has 2 heterocycles. The second-order valence-corrected chi connectivity index (χ2v) is 15.0. The number of rotatable bonds is 11. The van der Waals surface area contributed by atoms with E-state index in [4.69, 9.17) is 18.9 Å². The molecule has 4 bridgehead atoms. The van der Waals surface area contributed by atoms with E-state index in [1.165, 1.54) is 49.7 Å². The lowest BCUT2D eigenvalue weighted by molar-refractivity contribution is -0.118. The maximum absolute atomic E-state index is 10.3. The predicted molar refractivity (Wildman–Crippen MR) is 159 cm³/mol. The number of methoxy groups -OCH3 is 1. The van der Waals surface area contributed by atoms with Crippen molar-refractivity contribution in [2.24, 2.45) is 16.7 Å². The first-order chi connectivity index (χ1) is 19.7. The molecule has 0 radical (unpaired) electrons. The first kappa shape index (κ1) is 28.1. The summed E-state index contributed by atoms with van der Waals surface area (Å²) in [6, 6.07) is 4.21. The van der Waals surface area contributed by atoms with Gasteiger partial charge in [-0.1, -0.05) is 32.1 Å². The third-order valence-corrected chi connectivity index (χ3v) is 11.3. The number of aliphatic hydroxyl groups excluding tert-OH is 1. The highest BCUT2D eigenvalue weighted by atomic mass is 16.5. The molecule has 7 aliphatic rings. The standard InChI is InChI=1S/C34H50N2O5/c1-31-17-24-18-32(2,21-31)23-33(19-24,22-31)35-9-12-39-14-15-40-13-11-36-10-8-34-7-6-26(37)16-28(34)41-30-27(38-3)5-4-25(20-36)29(30)34/h4-7,24,26,28,35,37H,8-23H2,1-3H3/t24-,26-,28-,31+,32-,33+,34-/m0/s1. The highest BCUT2D eigenvalue weighted by Crippen LogP contribution is 2.66. The second-order valence-electron chi connectivity index (χ2n) is 15.0. The summed E-state index contributed by atoms with van der Waals surface area (Å²) in [6.07, 6.45) is 13.6. The second kappa shape index (κ2) is 10.5. The molecule has 41 heavy (non-hydrogen) atoms. The van der Waals surface area contributed by atoms with E-state index in [2.05, 4.69) is 36.2 Å². The normalized spacial score (nSPS) is 40.2. The van der Waals surface area contributed by atoms with Crippen molar-refractivity contribution in [3.63, 3.8) is 0 Å². The van der Waals surface area contributed by atoms with E-state index < -0.39 is 6.10 Å². The molecule has 2 aliphatic heterocycles. The van der Waals surface area contributed by atoms with Crippen molar-refractivity contribution in [1.29, 1.82) is 0 Å². The molecule has 1 aromatic carbocycles. The zero-order chi connectivity index (χ0) is 28.3. The number of ether oxygens (including phenoxy) is 4.